The van der Waals surface area contributed by atoms with Crippen molar-refractivity contribution in [3.8, 4) is 0 Å². The first-order valence-corrected chi connectivity index (χ1v) is 8.44. The van der Waals surface area contributed by atoms with Gasteiger partial charge in [-0.05, 0) is 50.5 Å². The highest BCUT2D eigenvalue weighted by atomic mass is 16.5. The number of rotatable bonds is 5. The van der Waals surface area contributed by atoms with Crippen LogP contribution >= 0.6 is 0 Å². The van der Waals surface area contributed by atoms with Gasteiger partial charge >= 0.3 is 0 Å². The number of aliphatic hydroxyl groups is 1. The molecule has 1 saturated carbocycles. The van der Waals surface area contributed by atoms with Crippen molar-refractivity contribution in [3.63, 3.8) is 0 Å². The summed E-state index contributed by atoms with van der Waals surface area (Å²) in [6.45, 7) is 8.94. The highest BCUT2D eigenvalue weighted by Gasteiger charge is 2.38. The van der Waals surface area contributed by atoms with Gasteiger partial charge in [-0.25, -0.2) is 0 Å². The molecule has 0 aromatic heterocycles. The lowest BCUT2D eigenvalue weighted by molar-refractivity contribution is -0.0273. The molecule has 0 spiro atoms. The van der Waals surface area contributed by atoms with E-state index in [0.717, 1.165) is 31.9 Å². The van der Waals surface area contributed by atoms with Crippen LogP contribution in [0.4, 0.5) is 0 Å². The molecule has 1 aliphatic heterocycles. The standard InChI is InChI=1S/C17H33NO2/c1-5-17(2,3)13-8-9-16(19)15(11-13)18(4)12-14-7-6-10-20-14/h13-16,19H,5-12H2,1-4H3. The highest BCUT2D eigenvalue weighted by molar-refractivity contribution is 4.91. The van der Waals surface area contributed by atoms with Crippen LogP contribution in [0.15, 0.2) is 0 Å². The summed E-state index contributed by atoms with van der Waals surface area (Å²) >= 11 is 0. The lowest BCUT2D eigenvalue weighted by Gasteiger charge is -2.45. The summed E-state index contributed by atoms with van der Waals surface area (Å²) in [4.78, 5) is 2.36. The Kier molecular flexibility index (Phi) is 5.49. The molecule has 118 valence electrons. The van der Waals surface area contributed by atoms with Crippen molar-refractivity contribution in [2.45, 2.75) is 77.5 Å². The molecule has 0 radical (unpaired) electrons. The molecule has 0 bridgehead atoms. The van der Waals surface area contributed by atoms with Gasteiger partial charge in [0.15, 0.2) is 0 Å². The molecule has 2 fully saturated rings. The van der Waals surface area contributed by atoms with E-state index in [2.05, 4.69) is 32.7 Å². The van der Waals surface area contributed by atoms with E-state index in [9.17, 15) is 5.11 Å². The number of hydrogen-bond acceptors (Lipinski definition) is 3. The zero-order chi connectivity index (χ0) is 14.8. The Labute approximate surface area is 124 Å². The molecule has 1 N–H and O–H groups in total. The quantitative estimate of drug-likeness (QED) is 0.841. The predicted octanol–water partition coefficient (Wildman–Crippen LogP) is 3.06. The lowest BCUT2D eigenvalue weighted by Crippen LogP contribution is -2.49. The van der Waals surface area contributed by atoms with E-state index in [1.807, 2.05) is 0 Å². The van der Waals surface area contributed by atoms with Crippen LogP contribution in [0.25, 0.3) is 0 Å². The summed E-state index contributed by atoms with van der Waals surface area (Å²) < 4.78 is 5.74. The fourth-order valence-electron chi connectivity index (χ4n) is 3.85. The van der Waals surface area contributed by atoms with Crippen LogP contribution in [0.3, 0.4) is 0 Å². The van der Waals surface area contributed by atoms with Crippen LogP contribution in [-0.4, -0.2) is 48.5 Å². The number of nitrogens with zero attached hydrogens (tertiary/aromatic N) is 1. The maximum atomic E-state index is 10.4. The van der Waals surface area contributed by atoms with Crippen molar-refractivity contribution in [3.05, 3.63) is 0 Å². The largest absolute Gasteiger partial charge is 0.391 e. The Morgan fingerprint density at radius 3 is 2.60 bits per heavy atom. The van der Waals surface area contributed by atoms with Gasteiger partial charge in [-0.2, -0.15) is 0 Å². The van der Waals surface area contributed by atoms with Crippen molar-refractivity contribution >= 4 is 0 Å². The molecule has 2 aliphatic rings. The summed E-state index contributed by atoms with van der Waals surface area (Å²) in [5.74, 6) is 0.729. The van der Waals surface area contributed by atoms with Gasteiger partial charge in [0, 0.05) is 19.2 Å². The average Bonchev–Trinajstić information content (AvgIpc) is 2.91. The Balaban J connectivity index is 1.93. The van der Waals surface area contributed by atoms with Crippen LogP contribution in [0.2, 0.25) is 0 Å². The molecule has 2 rings (SSSR count). The molecule has 0 aromatic carbocycles. The maximum Gasteiger partial charge on any atom is 0.0702 e. The van der Waals surface area contributed by atoms with Crippen LogP contribution in [0.5, 0.6) is 0 Å². The fourth-order valence-corrected chi connectivity index (χ4v) is 3.85. The first-order chi connectivity index (χ1) is 9.44. The molecule has 4 atom stereocenters. The molecule has 3 nitrogen and oxygen atoms in total. The SMILES string of the molecule is CCC(C)(C)C1CCC(O)C(N(C)CC2CCCO2)C1. The Bertz CT molecular complexity index is 299. The second-order valence-corrected chi connectivity index (χ2v) is 7.56. The van der Waals surface area contributed by atoms with Gasteiger partial charge in [-0.3, -0.25) is 4.90 Å². The molecule has 3 heteroatoms. The second-order valence-electron chi connectivity index (χ2n) is 7.56. The predicted molar refractivity (Wildman–Crippen MR) is 82.8 cm³/mol. The van der Waals surface area contributed by atoms with Crippen molar-refractivity contribution in [2.24, 2.45) is 11.3 Å². The Hall–Kier alpha value is -0.120. The smallest absolute Gasteiger partial charge is 0.0702 e. The molecule has 0 amide bonds. The van der Waals surface area contributed by atoms with E-state index in [1.54, 1.807) is 0 Å². The van der Waals surface area contributed by atoms with E-state index in [4.69, 9.17) is 4.74 Å². The molecule has 1 saturated heterocycles. The summed E-state index contributed by atoms with van der Waals surface area (Å²) in [5, 5.41) is 10.4. The van der Waals surface area contributed by atoms with Gasteiger partial charge in [-0.1, -0.05) is 27.2 Å². The third-order valence-corrected chi connectivity index (χ3v) is 5.88. The molecule has 20 heavy (non-hydrogen) atoms. The first kappa shape index (κ1) is 16.3. The minimum absolute atomic E-state index is 0.162. The Morgan fingerprint density at radius 1 is 1.25 bits per heavy atom. The van der Waals surface area contributed by atoms with Crippen molar-refractivity contribution < 1.29 is 9.84 Å². The van der Waals surface area contributed by atoms with Crippen LogP contribution < -0.4 is 0 Å². The number of likely N-dealkylation sites (N-methyl/N-ethyl adjacent to an activating group) is 1. The molecular formula is C17H33NO2. The molecule has 0 aromatic rings. The summed E-state index contributed by atoms with van der Waals surface area (Å²) in [6, 6.07) is 0.309. The normalized spacial score (nSPS) is 35.7. The van der Waals surface area contributed by atoms with Crippen LogP contribution in [-0.2, 0) is 4.74 Å². The van der Waals surface area contributed by atoms with Gasteiger partial charge in [0.25, 0.3) is 0 Å². The van der Waals surface area contributed by atoms with Crippen molar-refractivity contribution in [1.82, 2.24) is 4.90 Å². The topological polar surface area (TPSA) is 32.7 Å². The molecular weight excluding hydrogens is 250 g/mol. The molecule has 4 unspecified atom stereocenters. The summed E-state index contributed by atoms with van der Waals surface area (Å²) in [5.41, 5.74) is 0.392. The fraction of sp³-hybridized carbons (Fsp3) is 1.00. The number of hydrogen-bond donors (Lipinski definition) is 1. The average molecular weight is 283 g/mol. The van der Waals surface area contributed by atoms with E-state index in [1.165, 1.54) is 25.7 Å². The third-order valence-electron chi connectivity index (χ3n) is 5.88. The first-order valence-electron chi connectivity index (χ1n) is 8.44. The van der Waals surface area contributed by atoms with Crippen LogP contribution in [0, 0.1) is 11.3 Å². The van der Waals surface area contributed by atoms with Crippen molar-refractivity contribution in [2.75, 3.05) is 20.2 Å². The number of aliphatic hydroxyl groups excluding tert-OH is 1. The van der Waals surface area contributed by atoms with Gasteiger partial charge in [0.2, 0.25) is 0 Å². The summed E-state index contributed by atoms with van der Waals surface area (Å²) in [7, 11) is 2.16. The van der Waals surface area contributed by atoms with Crippen LogP contribution in [0.1, 0.15) is 59.3 Å². The maximum absolute atomic E-state index is 10.4. The third kappa shape index (κ3) is 3.75. The zero-order valence-corrected chi connectivity index (χ0v) is 13.8. The summed E-state index contributed by atoms with van der Waals surface area (Å²) in [6.07, 6.45) is 7.06. The van der Waals surface area contributed by atoms with Gasteiger partial charge in [0.1, 0.15) is 0 Å². The van der Waals surface area contributed by atoms with E-state index >= 15 is 0 Å². The molecule has 1 aliphatic carbocycles. The van der Waals surface area contributed by atoms with E-state index in [0.29, 0.717) is 17.6 Å². The number of ether oxygens (including phenoxy) is 1. The zero-order valence-electron chi connectivity index (χ0n) is 13.8. The van der Waals surface area contributed by atoms with E-state index in [-0.39, 0.29) is 6.10 Å². The minimum Gasteiger partial charge on any atom is -0.391 e. The van der Waals surface area contributed by atoms with Gasteiger partial charge in [-0.15, -0.1) is 0 Å². The highest BCUT2D eigenvalue weighted by Crippen LogP contribution is 2.41. The van der Waals surface area contributed by atoms with Gasteiger partial charge in [0.05, 0.1) is 12.2 Å². The lowest BCUT2D eigenvalue weighted by atomic mass is 9.67. The Morgan fingerprint density at radius 2 is 2.00 bits per heavy atom. The minimum atomic E-state index is -0.162. The molecule has 1 heterocycles. The monoisotopic (exact) mass is 283 g/mol. The van der Waals surface area contributed by atoms with Crippen molar-refractivity contribution in [1.29, 1.82) is 0 Å². The van der Waals surface area contributed by atoms with Gasteiger partial charge < -0.3 is 9.84 Å². The second kappa shape index (κ2) is 6.76. The van der Waals surface area contributed by atoms with E-state index < -0.39 is 0 Å².